The summed E-state index contributed by atoms with van der Waals surface area (Å²) in [6.07, 6.45) is 3.57. The predicted octanol–water partition coefficient (Wildman–Crippen LogP) is 2.26. The number of hydrogen-bond acceptors (Lipinski definition) is 5. The highest BCUT2D eigenvalue weighted by atomic mass is 127. The van der Waals surface area contributed by atoms with Gasteiger partial charge in [0.1, 0.15) is 6.54 Å². The van der Waals surface area contributed by atoms with Crippen molar-refractivity contribution < 1.29 is 14.3 Å². The van der Waals surface area contributed by atoms with Gasteiger partial charge in [0.15, 0.2) is 17.5 Å². The summed E-state index contributed by atoms with van der Waals surface area (Å²) in [5, 5.41) is 7.45. The van der Waals surface area contributed by atoms with Crippen molar-refractivity contribution in [3.63, 3.8) is 0 Å². The number of amides is 1. The summed E-state index contributed by atoms with van der Waals surface area (Å²) in [7, 11) is 3.47. The summed E-state index contributed by atoms with van der Waals surface area (Å²) in [5.74, 6) is 2.17. The zero-order valence-electron chi connectivity index (χ0n) is 18.5. The molecule has 2 heterocycles. The van der Waals surface area contributed by atoms with E-state index in [1.165, 1.54) is 0 Å². The average molecular weight is 542 g/mol. The summed E-state index contributed by atoms with van der Waals surface area (Å²) >= 11 is 0. The number of aliphatic imine (C=N–C) groups is 1. The Labute approximate surface area is 200 Å². The lowest BCUT2D eigenvalue weighted by Crippen LogP contribution is -2.55. The van der Waals surface area contributed by atoms with Gasteiger partial charge >= 0.3 is 0 Å². The van der Waals surface area contributed by atoms with Crippen molar-refractivity contribution >= 4 is 41.5 Å². The second-order valence-corrected chi connectivity index (χ2v) is 6.93. The maximum absolute atomic E-state index is 12.7. The number of carbonyl (C=O) groups excluding carboxylic acids is 1. The van der Waals surface area contributed by atoms with Gasteiger partial charge in [-0.2, -0.15) is 5.10 Å². The van der Waals surface area contributed by atoms with E-state index in [4.69, 9.17) is 14.5 Å². The third-order valence-corrected chi connectivity index (χ3v) is 4.80. The Morgan fingerprint density at radius 2 is 2.06 bits per heavy atom. The van der Waals surface area contributed by atoms with Crippen LogP contribution in [-0.2, 0) is 18.4 Å². The van der Waals surface area contributed by atoms with E-state index in [9.17, 15) is 4.79 Å². The van der Waals surface area contributed by atoms with E-state index in [-0.39, 0.29) is 36.4 Å². The Morgan fingerprint density at radius 3 is 2.68 bits per heavy atom. The molecule has 1 aliphatic rings. The van der Waals surface area contributed by atoms with Crippen molar-refractivity contribution in [2.24, 2.45) is 12.0 Å². The van der Waals surface area contributed by atoms with E-state index in [1.807, 2.05) is 50.2 Å². The molecule has 3 rings (SSSR count). The molecule has 31 heavy (non-hydrogen) atoms. The van der Waals surface area contributed by atoms with E-state index >= 15 is 0 Å². The molecule has 0 aliphatic carbocycles. The Kier molecular flexibility index (Phi) is 9.41. The van der Waals surface area contributed by atoms with Crippen LogP contribution in [-0.4, -0.2) is 66.4 Å². The standard InChI is InChI=1S/C21H30N6O3.HI/c1-5-22-21(23-12-16-7-8-18(30-6-2)19(11-16)29-4)26-9-10-27(20(28)15-26)17-13-24-25(3)14-17;/h7-8,11,13-14H,5-6,9-10,12,15H2,1-4H3,(H,22,23);1H. The number of anilines is 1. The van der Waals surface area contributed by atoms with Crippen LogP contribution in [0.3, 0.4) is 0 Å². The Balaban J connectivity index is 0.00000341. The van der Waals surface area contributed by atoms with Gasteiger partial charge in [-0.25, -0.2) is 4.99 Å². The molecule has 1 amide bonds. The minimum absolute atomic E-state index is 0. The zero-order valence-corrected chi connectivity index (χ0v) is 20.8. The summed E-state index contributed by atoms with van der Waals surface area (Å²) in [4.78, 5) is 21.2. The molecule has 10 heteroatoms. The molecular weight excluding hydrogens is 511 g/mol. The molecule has 0 atom stereocenters. The first-order chi connectivity index (χ1) is 14.5. The van der Waals surface area contributed by atoms with Crippen LogP contribution >= 0.6 is 24.0 Å². The molecule has 1 aromatic heterocycles. The first-order valence-corrected chi connectivity index (χ1v) is 10.2. The maximum atomic E-state index is 12.7. The van der Waals surface area contributed by atoms with Crippen molar-refractivity contribution in [2.75, 3.05) is 44.8 Å². The second-order valence-electron chi connectivity index (χ2n) is 6.93. The van der Waals surface area contributed by atoms with Crippen molar-refractivity contribution in [3.8, 4) is 11.5 Å². The van der Waals surface area contributed by atoms with Crippen LogP contribution in [0.25, 0.3) is 0 Å². The quantitative estimate of drug-likeness (QED) is 0.329. The van der Waals surface area contributed by atoms with Gasteiger partial charge in [-0.15, -0.1) is 24.0 Å². The lowest BCUT2D eigenvalue weighted by atomic mass is 10.2. The maximum Gasteiger partial charge on any atom is 0.246 e. The second kappa shape index (κ2) is 11.8. The molecule has 1 saturated heterocycles. The number of nitrogens with one attached hydrogen (secondary N) is 1. The largest absolute Gasteiger partial charge is 0.493 e. The highest BCUT2D eigenvalue weighted by molar-refractivity contribution is 14.0. The molecule has 0 spiro atoms. The average Bonchev–Trinajstić information content (AvgIpc) is 3.18. The summed E-state index contributed by atoms with van der Waals surface area (Å²) in [6.45, 7) is 7.29. The van der Waals surface area contributed by atoms with Crippen molar-refractivity contribution in [2.45, 2.75) is 20.4 Å². The normalized spacial score (nSPS) is 14.3. The van der Waals surface area contributed by atoms with Gasteiger partial charge in [0, 0.05) is 32.9 Å². The van der Waals surface area contributed by atoms with E-state index in [1.54, 1.807) is 22.9 Å². The number of hydrogen-bond donors (Lipinski definition) is 1. The lowest BCUT2D eigenvalue weighted by molar-refractivity contribution is -0.120. The fourth-order valence-corrected chi connectivity index (χ4v) is 3.35. The highest BCUT2D eigenvalue weighted by Gasteiger charge is 2.27. The summed E-state index contributed by atoms with van der Waals surface area (Å²) in [5.41, 5.74) is 1.83. The third-order valence-electron chi connectivity index (χ3n) is 4.80. The molecule has 1 N–H and O–H groups in total. The number of rotatable bonds is 7. The summed E-state index contributed by atoms with van der Waals surface area (Å²) in [6, 6.07) is 5.81. The van der Waals surface area contributed by atoms with Crippen LogP contribution in [0.4, 0.5) is 5.69 Å². The monoisotopic (exact) mass is 542 g/mol. The van der Waals surface area contributed by atoms with E-state index in [0.29, 0.717) is 32.0 Å². The number of aryl methyl sites for hydroxylation is 1. The SMILES string of the molecule is CCNC(=NCc1ccc(OCC)c(OC)c1)N1CCN(c2cnn(C)c2)C(=O)C1.I. The molecule has 0 bridgehead atoms. The minimum Gasteiger partial charge on any atom is -0.493 e. The first-order valence-electron chi connectivity index (χ1n) is 10.2. The van der Waals surface area contributed by atoms with Gasteiger partial charge in [-0.3, -0.25) is 9.48 Å². The van der Waals surface area contributed by atoms with Crippen LogP contribution in [0.5, 0.6) is 11.5 Å². The number of benzene rings is 1. The van der Waals surface area contributed by atoms with Gasteiger partial charge in [0.25, 0.3) is 0 Å². The lowest BCUT2D eigenvalue weighted by Gasteiger charge is -2.35. The Bertz CT molecular complexity index is 901. The number of carbonyl (C=O) groups is 1. The number of methoxy groups -OCH3 is 1. The van der Waals surface area contributed by atoms with Crippen molar-refractivity contribution in [1.82, 2.24) is 20.0 Å². The highest BCUT2D eigenvalue weighted by Crippen LogP contribution is 2.28. The van der Waals surface area contributed by atoms with Crippen LogP contribution in [0, 0.1) is 0 Å². The number of aromatic nitrogens is 2. The number of piperazine rings is 1. The fraction of sp³-hybridized carbons (Fsp3) is 0.476. The van der Waals surface area contributed by atoms with E-state index < -0.39 is 0 Å². The molecule has 1 aromatic carbocycles. The molecular formula is C21H31IN6O3. The molecule has 0 saturated carbocycles. The van der Waals surface area contributed by atoms with Crippen molar-refractivity contribution in [1.29, 1.82) is 0 Å². The third kappa shape index (κ3) is 6.25. The van der Waals surface area contributed by atoms with Crippen molar-refractivity contribution in [3.05, 3.63) is 36.2 Å². The molecule has 0 radical (unpaired) electrons. The van der Waals surface area contributed by atoms with Crippen LogP contribution in [0.2, 0.25) is 0 Å². The summed E-state index contributed by atoms with van der Waals surface area (Å²) < 4.78 is 12.7. The van der Waals surface area contributed by atoms with Crippen LogP contribution in [0.1, 0.15) is 19.4 Å². The van der Waals surface area contributed by atoms with Gasteiger partial charge in [-0.1, -0.05) is 6.07 Å². The molecule has 0 unspecified atom stereocenters. The molecule has 9 nitrogen and oxygen atoms in total. The first kappa shape index (κ1) is 24.8. The Hall–Kier alpha value is -2.50. The van der Waals surface area contributed by atoms with Crippen LogP contribution in [0.15, 0.2) is 35.6 Å². The molecule has 170 valence electrons. The number of halogens is 1. The van der Waals surface area contributed by atoms with E-state index in [0.717, 1.165) is 29.5 Å². The number of guanidine groups is 1. The minimum atomic E-state index is 0. The fourth-order valence-electron chi connectivity index (χ4n) is 3.35. The van der Waals surface area contributed by atoms with Crippen LogP contribution < -0.4 is 19.7 Å². The molecule has 2 aromatic rings. The topological polar surface area (TPSA) is 84.2 Å². The zero-order chi connectivity index (χ0) is 21.5. The number of ether oxygens (including phenoxy) is 2. The van der Waals surface area contributed by atoms with Gasteiger partial charge in [0.05, 0.1) is 32.1 Å². The van der Waals surface area contributed by atoms with E-state index in [2.05, 4.69) is 10.4 Å². The molecule has 1 fully saturated rings. The Morgan fingerprint density at radius 1 is 1.26 bits per heavy atom. The van der Waals surface area contributed by atoms with Gasteiger partial charge in [-0.05, 0) is 31.5 Å². The molecule has 1 aliphatic heterocycles. The number of nitrogens with zero attached hydrogens (tertiary/aromatic N) is 5. The predicted molar refractivity (Wildman–Crippen MR) is 132 cm³/mol. The van der Waals surface area contributed by atoms with Gasteiger partial charge in [0.2, 0.25) is 5.91 Å². The van der Waals surface area contributed by atoms with Gasteiger partial charge < -0.3 is 24.6 Å². The smallest absolute Gasteiger partial charge is 0.246 e.